The third-order valence-electron chi connectivity index (χ3n) is 3.15. The first-order valence-corrected chi connectivity index (χ1v) is 9.38. The van der Waals surface area contributed by atoms with Gasteiger partial charge in [-0.2, -0.15) is 0 Å². The van der Waals surface area contributed by atoms with Gasteiger partial charge in [-0.3, -0.25) is 4.79 Å². The standard InChI is InChI=1S/C14H20N2O4S2/c1-10-8-14(17)16-12-9-11(4-5-13(12)21-10)22(18,19)15-6-3-7-20-2/h4-5,9-10,15H,3,6-8H2,1-2H3,(H,16,17). The Balaban J connectivity index is 2.18. The van der Waals surface area contributed by atoms with Crippen LogP contribution in [0.3, 0.4) is 0 Å². The number of thioether (sulfide) groups is 1. The van der Waals surface area contributed by atoms with Gasteiger partial charge in [-0.1, -0.05) is 6.92 Å². The molecule has 1 heterocycles. The van der Waals surface area contributed by atoms with Crippen molar-refractivity contribution in [2.45, 2.75) is 34.8 Å². The summed E-state index contributed by atoms with van der Waals surface area (Å²) in [7, 11) is -2.01. The highest BCUT2D eigenvalue weighted by Gasteiger charge is 2.21. The second kappa shape index (κ2) is 7.45. The van der Waals surface area contributed by atoms with Gasteiger partial charge in [0.05, 0.1) is 10.6 Å². The Morgan fingerprint density at radius 3 is 2.95 bits per heavy atom. The Labute approximate surface area is 135 Å². The van der Waals surface area contributed by atoms with E-state index in [1.807, 2.05) is 6.92 Å². The minimum atomic E-state index is -3.58. The smallest absolute Gasteiger partial charge is 0.240 e. The minimum absolute atomic E-state index is 0.0960. The fourth-order valence-electron chi connectivity index (χ4n) is 2.10. The Kier molecular flexibility index (Phi) is 5.85. The lowest BCUT2D eigenvalue weighted by molar-refractivity contribution is -0.116. The molecule has 2 rings (SSSR count). The van der Waals surface area contributed by atoms with E-state index in [9.17, 15) is 13.2 Å². The summed E-state index contributed by atoms with van der Waals surface area (Å²) in [5, 5.41) is 2.93. The highest BCUT2D eigenvalue weighted by atomic mass is 32.2. The topological polar surface area (TPSA) is 84.5 Å². The summed E-state index contributed by atoms with van der Waals surface area (Å²) in [6.07, 6.45) is 1.02. The zero-order chi connectivity index (χ0) is 16.2. The van der Waals surface area contributed by atoms with Crippen molar-refractivity contribution in [1.82, 2.24) is 4.72 Å². The zero-order valence-electron chi connectivity index (χ0n) is 12.6. The number of hydrogen-bond donors (Lipinski definition) is 2. The average molecular weight is 344 g/mol. The molecule has 0 fully saturated rings. The van der Waals surface area contributed by atoms with E-state index in [2.05, 4.69) is 10.0 Å². The second-order valence-electron chi connectivity index (χ2n) is 5.08. The van der Waals surface area contributed by atoms with Crippen LogP contribution in [-0.4, -0.2) is 39.8 Å². The lowest BCUT2D eigenvalue weighted by Gasteiger charge is -2.11. The summed E-state index contributed by atoms with van der Waals surface area (Å²) >= 11 is 1.57. The Bertz CT molecular complexity index is 646. The van der Waals surface area contributed by atoms with Crippen LogP contribution >= 0.6 is 11.8 Å². The summed E-state index contributed by atoms with van der Waals surface area (Å²) in [6.45, 7) is 2.78. The van der Waals surface area contributed by atoms with Crippen LogP contribution in [0.25, 0.3) is 0 Å². The number of carbonyl (C=O) groups excluding carboxylic acids is 1. The van der Waals surface area contributed by atoms with Crippen LogP contribution in [-0.2, 0) is 19.6 Å². The molecule has 0 bridgehead atoms. The maximum absolute atomic E-state index is 12.2. The van der Waals surface area contributed by atoms with Gasteiger partial charge < -0.3 is 10.1 Å². The predicted molar refractivity (Wildman–Crippen MR) is 86.7 cm³/mol. The molecule has 1 unspecified atom stereocenters. The van der Waals surface area contributed by atoms with Crippen LogP contribution in [0.1, 0.15) is 19.8 Å². The molecule has 0 radical (unpaired) electrons. The number of ether oxygens (including phenoxy) is 1. The van der Waals surface area contributed by atoms with E-state index in [-0.39, 0.29) is 16.1 Å². The fourth-order valence-corrected chi connectivity index (χ4v) is 4.26. The number of sulfonamides is 1. The number of methoxy groups -OCH3 is 1. The number of amides is 1. The van der Waals surface area contributed by atoms with Crippen molar-refractivity contribution in [3.63, 3.8) is 0 Å². The average Bonchev–Trinajstić information content (AvgIpc) is 2.59. The van der Waals surface area contributed by atoms with Gasteiger partial charge in [0.1, 0.15) is 0 Å². The highest BCUT2D eigenvalue weighted by Crippen LogP contribution is 2.36. The Morgan fingerprint density at radius 2 is 2.23 bits per heavy atom. The first-order chi connectivity index (χ1) is 10.4. The van der Waals surface area contributed by atoms with Gasteiger partial charge in [0.2, 0.25) is 15.9 Å². The molecule has 0 spiro atoms. The highest BCUT2D eigenvalue weighted by molar-refractivity contribution is 8.00. The molecule has 0 aliphatic carbocycles. The largest absolute Gasteiger partial charge is 0.385 e. The van der Waals surface area contributed by atoms with Crippen molar-refractivity contribution >= 4 is 33.4 Å². The van der Waals surface area contributed by atoms with E-state index in [1.54, 1.807) is 31.0 Å². The number of nitrogens with one attached hydrogen (secondary N) is 2. The lowest BCUT2D eigenvalue weighted by atomic mass is 10.3. The number of carbonyl (C=O) groups is 1. The number of hydrogen-bond acceptors (Lipinski definition) is 5. The van der Waals surface area contributed by atoms with E-state index in [0.29, 0.717) is 31.7 Å². The molecular formula is C14H20N2O4S2. The molecule has 8 heteroatoms. The van der Waals surface area contributed by atoms with Gasteiger partial charge in [0, 0.05) is 36.8 Å². The van der Waals surface area contributed by atoms with Gasteiger partial charge in [0.25, 0.3) is 0 Å². The molecule has 2 N–H and O–H groups in total. The van der Waals surface area contributed by atoms with Gasteiger partial charge in [-0.15, -0.1) is 11.8 Å². The zero-order valence-corrected chi connectivity index (χ0v) is 14.2. The van der Waals surface area contributed by atoms with Crippen molar-refractivity contribution in [3.8, 4) is 0 Å². The lowest BCUT2D eigenvalue weighted by Crippen LogP contribution is -2.25. The summed E-state index contributed by atoms with van der Waals surface area (Å²) in [6, 6.07) is 4.82. The summed E-state index contributed by atoms with van der Waals surface area (Å²) in [5.41, 5.74) is 0.555. The first kappa shape index (κ1) is 17.3. The molecule has 1 aliphatic heterocycles. The van der Waals surface area contributed by atoms with Crippen molar-refractivity contribution in [1.29, 1.82) is 0 Å². The fraction of sp³-hybridized carbons (Fsp3) is 0.500. The SMILES string of the molecule is COCCCNS(=O)(=O)c1ccc2c(c1)NC(=O)CC(C)S2. The second-order valence-corrected chi connectivity index (χ2v) is 8.33. The van der Waals surface area contributed by atoms with E-state index >= 15 is 0 Å². The van der Waals surface area contributed by atoms with E-state index < -0.39 is 10.0 Å². The molecule has 1 aromatic carbocycles. The molecule has 122 valence electrons. The molecule has 6 nitrogen and oxygen atoms in total. The Morgan fingerprint density at radius 1 is 1.45 bits per heavy atom. The van der Waals surface area contributed by atoms with Crippen molar-refractivity contribution < 1.29 is 17.9 Å². The van der Waals surface area contributed by atoms with Crippen molar-refractivity contribution in [2.24, 2.45) is 0 Å². The Hall–Kier alpha value is -1.09. The monoisotopic (exact) mass is 344 g/mol. The molecule has 22 heavy (non-hydrogen) atoms. The quantitative estimate of drug-likeness (QED) is 0.769. The van der Waals surface area contributed by atoms with E-state index in [1.165, 1.54) is 6.07 Å². The predicted octanol–water partition coefficient (Wildman–Crippen LogP) is 1.82. The molecule has 1 aromatic rings. The van der Waals surface area contributed by atoms with Crippen LogP contribution in [0.5, 0.6) is 0 Å². The van der Waals surface area contributed by atoms with Crippen molar-refractivity contribution in [2.75, 3.05) is 25.6 Å². The number of anilines is 1. The van der Waals surface area contributed by atoms with Gasteiger partial charge in [0.15, 0.2) is 0 Å². The minimum Gasteiger partial charge on any atom is -0.385 e. The summed E-state index contributed by atoms with van der Waals surface area (Å²) in [5.74, 6) is -0.0960. The molecule has 0 saturated heterocycles. The van der Waals surface area contributed by atoms with E-state index in [4.69, 9.17) is 4.74 Å². The number of fused-ring (bicyclic) bond motifs is 1. The van der Waals surface area contributed by atoms with Crippen LogP contribution in [0.2, 0.25) is 0 Å². The van der Waals surface area contributed by atoms with Gasteiger partial charge >= 0.3 is 0 Å². The first-order valence-electron chi connectivity index (χ1n) is 7.01. The van der Waals surface area contributed by atoms with Crippen LogP contribution in [0.15, 0.2) is 28.0 Å². The normalized spacial score (nSPS) is 18.5. The third kappa shape index (κ3) is 4.45. The maximum atomic E-state index is 12.2. The summed E-state index contributed by atoms with van der Waals surface area (Å²) < 4.78 is 31.9. The van der Waals surface area contributed by atoms with E-state index in [0.717, 1.165) is 4.90 Å². The molecule has 1 amide bonds. The van der Waals surface area contributed by atoms with Crippen LogP contribution in [0.4, 0.5) is 5.69 Å². The molecule has 0 aromatic heterocycles. The molecule has 0 saturated carbocycles. The number of rotatable bonds is 6. The summed E-state index contributed by atoms with van der Waals surface area (Å²) in [4.78, 5) is 12.8. The maximum Gasteiger partial charge on any atom is 0.240 e. The van der Waals surface area contributed by atoms with Gasteiger partial charge in [-0.25, -0.2) is 13.1 Å². The van der Waals surface area contributed by atoms with Crippen LogP contribution < -0.4 is 10.0 Å². The van der Waals surface area contributed by atoms with Crippen molar-refractivity contribution in [3.05, 3.63) is 18.2 Å². The van der Waals surface area contributed by atoms with Gasteiger partial charge in [-0.05, 0) is 24.6 Å². The molecular weight excluding hydrogens is 324 g/mol. The number of benzene rings is 1. The molecule has 1 aliphatic rings. The van der Waals surface area contributed by atoms with Crippen LogP contribution in [0, 0.1) is 0 Å². The third-order valence-corrected chi connectivity index (χ3v) is 5.79. The molecule has 1 atom stereocenters.